The molecular formula is C22H27NO3. The number of hydrogen-bond acceptors (Lipinski definition) is 4. The molecule has 3 rings (SSSR count). The van der Waals surface area contributed by atoms with Crippen LogP contribution in [0.25, 0.3) is 0 Å². The molecule has 2 aromatic carbocycles. The minimum absolute atomic E-state index is 0.115. The monoisotopic (exact) mass is 353 g/mol. The number of nitrogens with zero attached hydrogens (tertiary/aromatic N) is 1. The second kappa shape index (κ2) is 8.86. The van der Waals surface area contributed by atoms with E-state index in [1.165, 1.54) is 12.8 Å². The summed E-state index contributed by atoms with van der Waals surface area (Å²) >= 11 is 0. The van der Waals surface area contributed by atoms with Crippen molar-refractivity contribution >= 4 is 5.97 Å². The summed E-state index contributed by atoms with van der Waals surface area (Å²) in [6.07, 6.45) is 3.07. The van der Waals surface area contributed by atoms with Gasteiger partial charge in [0.05, 0.1) is 5.92 Å². The molecule has 0 radical (unpaired) electrons. The fourth-order valence-corrected chi connectivity index (χ4v) is 3.29. The van der Waals surface area contributed by atoms with Crippen LogP contribution in [-0.2, 0) is 9.53 Å². The first-order chi connectivity index (χ1) is 12.7. The molecule has 1 aliphatic rings. The summed E-state index contributed by atoms with van der Waals surface area (Å²) in [5.41, 5.74) is 0.903. The molecule has 2 aromatic rings. The van der Waals surface area contributed by atoms with Crippen molar-refractivity contribution in [1.82, 2.24) is 4.90 Å². The minimum atomic E-state index is -0.328. The second-order valence-corrected chi connectivity index (χ2v) is 6.75. The van der Waals surface area contributed by atoms with Gasteiger partial charge < -0.3 is 9.47 Å². The van der Waals surface area contributed by atoms with E-state index in [9.17, 15) is 4.79 Å². The molecule has 0 aliphatic carbocycles. The van der Waals surface area contributed by atoms with Crippen molar-refractivity contribution < 1.29 is 14.3 Å². The third-order valence-electron chi connectivity index (χ3n) is 4.84. The zero-order chi connectivity index (χ0) is 18.4. The molecule has 0 N–H and O–H groups in total. The van der Waals surface area contributed by atoms with Gasteiger partial charge in [-0.3, -0.25) is 9.69 Å². The number of rotatable bonds is 7. The van der Waals surface area contributed by atoms with E-state index >= 15 is 0 Å². The van der Waals surface area contributed by atoms with E-state index in [1.54, 1.807) is 0 Å². The normalized spacial score (nSPS) is 16.8. The summed E-state index contributed by atoms with van der Waals surface area (Å²) in [5.74, 6) is 0.992. The molecule has 0 spiro atoms. The van der Waals surface area contributed by atoms with Gasteiger partial charge in [-0.05, 0) is 56.0 Å². The number of carbonyl (C=O) groups excluding carboxylic acids is 1. The Morgan fingerprint density at radius 1 is 1.04 bits per heavy atom. The maximum absolute atomic E-state index is 12.6. The number of para-hydroxylation sites is 1. The standard InChI is InChI=1S/C22H27NO3/c1-3-21(23-14-7-8-15-23)26-22(24)17(2)18-10-9-13-20(16-18)25-19-11-5-4-6-12-19/h4-6,9-13,16-17,21H,3,7-8,14-15H2,1-2H3. The SMILES string of the molecule is CCC(OC(=O)C(C)c1cccc(Oc2ccccc2)c1)N1CCCC1. The number of ether oxygens (including phenoxy) is 2. The first-order valence-electron chi connectivity index (χ1n) is 9.44. The van der Waals surface area contributed by atoms with E-state index in [1.807, 2.05) is 61.5 Å². The van der Waals surface area contributed by atoms with Crippen LogP contribution in [0.15, 0.2) is 54.6 Å². The van der Waals surface area contributed by atoms with Crippen LogP contribution in [0.5, 0.6) is 11.5 Å². The Morgan fingerprint density at radius 2 is 1.73 bits per heavy atom. The van der Waals surface area contributed by atoms with Crippen LogP contribution in [-0.4, -0.2) is 30.2 Å². The van der Waals surface area contributed by atoms with Crippen molar-refractivity contribution in [3.8, 4) is 11.5 Å². The van der Waals surface area contributed by atoms with E-state index in [0.717, 1.165) is 36.6 Å². The first kappa shape index (κ1) is 18.5. The van der Waals surface area contributed by atoms with Crippen LogP contribution in [0.3, 0.4) is 0 Å². The topological polar surface area (TPSA) is 38.8 Å². The van der Waals surface area contributed by atoms with Crippen molar-refractivity contribution in [2.75, 3.05) is 13.1 Å². The van der Waals surface area contributed by atoms with Gasteiger partial charge in [0, 0.05) is 13.1 Å². The average molecular weight is 353 g/mol. The molecule has 2 atom stereocenters. The molecule has 4 heteroatoms. The Hall–Kier alpha value is -2.33. The lowest BCUT2D eigenvalue weighted by Gasteiger charge is -2.27. The maximum atomic E-state index is 12.6. The molecule has 1 fully saturated rings. The summed E-state index contributed by atoms with van der Waals surface area (Å²) in [7, 11) is 0. The molecule has 0 amide bonds. The highest BCUT2D eigenvalue weighted by Gasteiger charge is 2.26. The van der Waals surface area contributed by atoms with Crippen molar-refractivity contribution in [1.29, 1.82) is 0 Å². The highest BCUT2D eigenvalue weighted by Crippen LogP contribution is 2.27. The van der Waals surface area contributed by atoms with Crippen LogP contribution >= 0.6 is 0 Å². The molecule has 26 heavy (non-hydrogen) atoms. The summed E-state index contributed by atoms with van der Waals surface area (Å²) in [4.78, 5) is 14.9. The van der Waals surface area contributed by atoms with Gasteiger partial charge in [0.15, 0.2) is 6.23 Å². The summed E-state index contributed by atoms with van der Waals surface area (Å²) < 4.78 is 11.7. The van der Waals surface area contributed by atoms with Gasteiger partial charge in [0.25, 0.3) is 0 Å². The zero-order valence-electron chi connectivity index (χ0n) is 15.6. The third-order valence-corrected chi connectivity index (χ3v) is 4.84. The lowest BCUT2D eigenvalue weighted by molar-refractivity contribution is -0.160. The Morgan fingerprint density at radius 3 is 2.42 bits per heavy atom. The number of likely N-dealkylation sites (tertiary alicyclic amines) is 1. The van der Waals surface area contributed by atoms with Gasteiger partial charge >= 0.3 is 5.97 Å². The smallest absolute Gasteiger partial charge is 0.314 e. The van der Waals surface area contributed by atoms with Crippen LogP contribution in [0.1, 0.15) is 44.6 Å². The van der Waals surface area contributed by atoms with Crippen LogP contribution < -0.4 is 4.74 Å². The van der Waals surface area contributed by atoms with Gasteiger partial charge in [-0.25, -0.2) is 0 Å². The predicted molar refractivity (Wildman–Crippen MR) is 102 cm³/mol. The molecular weight excluding hydrogens is 326 g/mol. The Kier molecular flexibility index (Phi) is 6.29. The fourth-order valence-electron chi connectivity index (χ4n) is 3.29. The van der Waals surface area contributed by atoms with Gasteiger partial charge in [0.1, 0.15) is 11.5 Å². The van der Waals surface area contributed by atoms with Gasteiger partial charge in [0.2, 0.25) is 0 Å². The van der Waals surface area contributed by atoms with E-state index in [4.69, 9.17) is 9.47 Å². The second-order valence-electron chi connectivity index (χ2n) is 6.75. The van der Waals surface area contributed by atoms with Crippen LogP contribution in [0.4, 0.5) is 0 Å². The third kappa shape index (κ3) is 4.64. The largest absolute Gasteiger partial charge is 0.457 e. The van der Waals surface area contributed by atoms with Crippen LogP contribution in [0, 0.1) is 0 Å². The van der Waals surface area contributed by atoms with E-state index in [0.29, 0.717) is 0 Å². The van der Waals surface area contributed by atoms with E-state index < -0.39 is 0 Å². The summed E-state index contributed by atoms with van der Waals surface area (Å²) in [5, 5.41) is 0. The lowest BCUT2D eigenvalue weighted by atomic mass is 10.0. The average Bonchev–Trinajstić information content (AvgIpc) is 3.21. The van der Waals surface area contributed by atoms with E-state index in [2.05, 4.69) is 11.8 Å². The molecule has 4 nitrogen and oxygen atoms in total. The Balaban J connectivity index is 1.65. The quantitative estimate of drug-likeness (QED) is 0.660. The molecule has 2 unspecified atom stereocenters. The number of benzene rings is 2. The van der Waals surface area contributed by atoms with Crippen molar-refractivity contribution in [2.24, 2.45) is 0 Å². The molecule has 1 saturated heterocycles. The Bertz CT molecular complexity index is 710. The van der Waals surface area contributed by atoms with Crippen molar-refractivity contribution in [3.63, 3.8) is 0 Å². The maximum Gasteiger partial charge on any atom is 0.314 e. The summed E-state index contributed by atoms with van der Waals surface area (Å²) in [6, 6.07) is 17.3. The van der Waals surface area contributed by atoms with Crippen molar-refractivity contribution in [2.45, 2.75) is 45.3 Å². The lowest BCUT2D eigenvalue weighted by Crippen LogP contribution is -2.37. The highest BCUT2D eigenvalue weighted by molar-refractivity contribution is 5.78. The number of hydrogen-bond donors (Lipinski definition) is 0. The van der Waals surface area contributed by atoms with Gasteiger partial charge in [-0.1, -0.05) is 37.3 Å². The minimum Gasteiger partial charge on any atom is -0.457 e. The Labute approximate surface area is 155 Å². The molecule has 1 heterocycles. The molecule has 138 valence electrons. The van der Waals surface area contributed by atoms with Gasteiger partial charge in [-0.15, -0.1) is 0 Å². The number of carbonyl (C=O) groups is 1. The molecule has 0 bridgehead atoms. The summed E-state index contributed by atoms with van der Waals surface area (Å²) in [6.45, 7) is 5.98. The number of esters is 1. The highest BCUT2D eigenvalue weighted by atomic mass is 16.6. The predicted octanol–water partition coefficient (Wildman–Crippen LogP) is 4.96. The zero-order valence-corrected chi connectivity index (χ0v) is 15.6. The molecule has 1 aliphatic heterocycles. The van der Waals surface area contributed by atoms with E-state index in [-0.39, 0.29) is 18.1 Å². The molecule has 0 saturated carbocycles. The fraction of sp³-hybridized carbons (Fsp3) is 0.409. The van der Waals surface area contributed by atoms with Crippen molar-refractivity contribution in [3.05, 3.63) is 60.2 Å². The van der Waals surface area contributed by atoms with Gasteiger partial charge in [-0.2, -0.15) is 0 Å². The first-order valence-corrected chi connectivity index (χ1v) is 9.44. The van der Waals surface area contributed by atoms with Crippen LogP contribution in [0.2, 0.25) is 0 Å². The molecule has 0 aromatic heterocycles.